The maximum absolute atomic E-state index is 12.1. The Morgan fingerprint density at radius 1 is 1.05 bits per heavy atom. The van der Waals surface area contributed by atoms with E-state index in [1.54, 1.807) is 19.9 Å². The zero-order valence-corrected chi connectivity index (χ0v) is 11.4. The largest absolute Gasteiger partial charge is 0.507 e. The maximum atomic E-state index is 12.1. The molecule has 0 heterocycles. The minimum atomic E-state index is -0.294. The summed E-state index contributed by atoms with van der Waals surface area (Å²) in [6, 6.07) is 10.9. The number of hydrogen-bond donors (Lipinski definition) is 2. The highest BCUT2D eigenvalue weighted by Gasteiger charge is 2.15. The van der Waals surface area contributed by atoms with Gasteiger partial charge in [-0.05, 0) is 37.1 Å². The third-order valence-corrected chi connectivity index (χ3v) is 3.19. The van der Waals surface area contributed by atoms with E-state index in [1.165, 1.54) is 12.1 Å². The standard InChI is InChI=1S/C17H16O3/c1-11-10-14(17(20)12(2)16(11)19)15(18)9-8-13-6-4-3-5-7-13/h3-10,19-20H,1-2H3/b9-8+. The molecule has 3 heteroatoms. The van der Waals surface area contributed by atoms with Gasteiger partial charge in [0.2, 0.25) is 0 Å². The van der Waals surface area contributed by atoms with Crippen LogP contribution in [0.5, 0.6) is 11.5 Å². The van der Waals surface area contributed by atoms with Gasteiger partial charge in [-0.1, -0.05) is 36.4 Å². The number of aromatic hydroxyl groups is 2. The van der Waals surface area contributed by atoms with Gasteiger partial charge in [0, 0.05) is 5.56 Å². The molecule has 2 aromatic carbocycles. The molecule has 0 unspecified atom stereocenters. The second-order valence-electron chi connectivity index (χ2n) is 4.67. The monoisotopic (exact) mass is 268 g/mol. The SMILES string of the molecule is Cc1cc(C(=O)/C=C/c2ccccc2)c(O)c(C)c1O. The topological polar surface area (TPSA) is 57.5 Å². The van der Waals surface area contributed by atoms with Crippen LogP contribution < -0.4 is 0 Å². The van der Waals surface area contributed by atoms with Gasteiger partial charge >= 0.3 is 0 Å². The fraction of sp³-hybridized carbons (Fsp3) is 0.118. The van der Waals surface area contributed by atoms with Crippen molar-refractivity contribution in [2.24, 2.45) is 0 Å². The van der Waals surface area contributed by atoms with Crippen molar-refractivity contribution in [3.63, 3.8) is 0 Å². The molecule has 0 atom stereocenters. The molecule has 0 amide bonds. The van der Waals surface area contributed by atoms with Crippen molar-refractivity contribution in [1.29, 1.82) is 0 Å². The average molecular weight is 268 g/mol. The van der Waals surface area contributed by atoms with E-state index in [9.17, 15) is 15.0 Å². The van der Waals surface area contributed by atoms with Crippen LogP contribution >= 0.6 is 0 Å². The zero-order valence-electron chi connectivity index (χ0n) is 11.4. The number of carbonyl (C=O) groups excluding carboxylic acids is 1. The Hall–Kier alpha value is -2.55. The van der Waals surface area contributed by atoms with Gasteiger partial charge in [0.15, 0.2) is 5.78 Å². The van der Waals surface area contributed by atoms with Crippen molar-refractivity contribution < 1.29 is 15.0 Å². The smallest absolute Gasteiger partial charge is 0.189 e. The Kier molecular flexibility index (Phi) is 3.89. The molecule has 0 bridgehead atoms. The Balaban J connectivity index is 2.33. The van der Waals surface area contributed by atoms with Gasteiger partial charge in [-0.25, -0.2) is 0 Å². The molecule has 2 aromatic rings. The number of rotatable bonds is 3. The summed E-state index contributed by atoms with van der Waals surface area (Å²) in [5.41, 5.74) is 2.00. The van der Waals surface area contributed by atoms with E-state index in [4.69, 9.17) is 0 Å². The third kappa shape index (κ3) is 2.72. The Labute approximate surface area is 117 Å². The highest BCUT2D eigenvalue weighted by Crippen LogP contribution is 2.33. The van der Waals surface area contributed by atoms with Crippen LogP contribution in [-0.4, -0.2) is 16.0 Å². The number of carbonyl (C=O) groups is 1. The van der Waals surface area contributed by atoms with Gasteiger partial charge < -0.3 is 10.2 Å². The van der Waals surface area contributed by atoms with E-state index in [0.29, 0.717) is 11.1 Å². The van der Waals surface area contributed by atoms with Gasteiger partial charge in [-0.2, -0.15) is 0 Å². The van der Waals surface area contributed by atoms with E-state index in [0.717, 1.165) is 5.56 Å². The van der Waals surface area contributed by atoms with Gasteiger partial charge in [0.05, 0.1) is 5.56 Å². The molecule has 2 rings (SSSR count). The molecule has 2 N–H and O–H groups in total. The summed E-state index contributed by atoms with van der Waals surface area (Å²) in [5.74, 6) is -0.445. The first-order chi connectivity index (χ1) is 9.50. The predicted octanol–water partition coefficient (Wildman–Crippen LogP) is 3.61. The lowest BCUT2D eigenvalue weighted by molar-refractivity contribution is 0.104. The second-order valence-corrected chi connectivity index (χ2v) is 4.67. The van der Waals surface area contributed by atoms with Crippen molar-refractivity contribution in [1.82, 2.24) is 0 Å². The van der Waals surface area contributed by atoms with Crippen LogP contribution in [0.3, 0.4) is 0 Å². The molecule has 0 aliphatic heterocycles. The van der Waals surface area contributed by atoms with Gasteiger partial charge in [0.25, 0.3) is 0 Å². The second kappa shape index (κ2) is 5.61. The molecule has 0 saturated heterocycles. The minimum Gasteiger partial charge on any atom is -0.507 e. The molecule has 102 valence electrons. The molecule has 0 aliphatic rings. The van der Waals surface area contributed by atoms with Crippen LogP contribution in [0.4, 0.5) is 0 Å². The van der Waals surface area contributed by atoms with Crippen molar-refractivity contribution in [2.45, 2.75) is 13.8 Å². The third-order valence-electron chi connectivity index (χ3n) is 3.19. The molecule has 0 aliphatic carbocycles. The fourth-order valence-electron chi connectivity index (χ4n) is 1.98. The summed E-state index contributed by atoms with van der Waals surface area (Å²) in [5, 5.41) is 19.7. The average Bonchev–Trinajstić information content (AvgIpc) is 2.47. The summed E-state index contributed by atoms with van der Waals surface area (Å²) < 4.78 is 0. The van der Waals surface area contributed by atoms with Gasteiger partial charge in [-0.3, -0.25) is 4.79 Å². The normalized spacial score (nSPS) is 10.9. The van der Waals surface area contributed by atoms with E-state index in [2.05, 4.69) is 0 Å². The summed E-state index contributed by atoms with van der Waals surface area (Å²) >= 11 is 0. The summed E-state index contributed by atoms with van der Waals surface area (Å²) in [7, 11) is 0. The van der Waals surface area contributed by atoms with E-state index in [1.807, 2.05) is 30.3 Å². The first-order valence-corrected chi connectivity index (χ1v) is 6.30. The van der Waals surface area contributed by atoms with E-state index >= 15 is 0 Å². The molecule has 0 aromatic heterocycles. The summed E-state index contributed by atoms with van der Waals surface area (Å²) in [4.78, 5) is 12.1. The number of hydrogen-bond acceptors (Lipinski definition) is 3. The Morgan fingerprint density at radius 3 is 2.35 bits per heavy atom. The van der Waals surface area contributed by atoms with Gasteiger partial charge in [0.1, 0.15) is 11.5 Å². The number of aryl methyl sites for hydroxylation is 1. The molecule has 0 saturated carbocycles. The molecule has 20 heavy (non-hydrogen) atoms. The molecule has 0 spiro atoms. The highest BCUT2D eigenvalue weighted by molar-refractivity contribution is 6.09. The predicted molar refractivity (Wildman–Crippen MR) is 79.1 cm³/mol. The highest BCUT2D eigenvalue weighted by atomic mass is 16.3. The number of ketones is 1. The van der Waals surface area contributed by atoms with Crippen LogP contribution in [0.25, 0.3) is 6.08 Å². The minimum absolute atomic E-state index is 0.0195. The lowest BCUT2D eigenvalue weighted by atomic mass is 10.0. The molecular formula is C17H16O3. The maximum Gasteiger partial charge on any atom is 0.189 e. The number of phenols is 2. The molecule has 3 nitrogen and oxygen atoms in total. The number of allylic oxidation sites excluding steroid dienone is 1. The first-order valence-electron chi connectivity index (χ1n) is 6.30. The molecule has 0 fully saturated rings. The number of benzene rings is 2. The molecular weight excluding hydrogens is 252 g/mol. The summed E-state index contributed by atoms with van der Waals surface area (Å²) in [6.45, 7) is 3.27. The quantitative estimate of drug-likeness (QED) is 0.660. The first kappa shape index (κ1) is 13.9. The van der Waals surface area contributed by atoms with Crippen LogP contribution in [0, 0.1) is 13.8 Å². The Bertz CT molecular complexity index is 670. The van der Waals surface area contributed by atoms with Crippen molar-refractivity contribution >= 4 is 11.9 Å². The van der Waals surface area contributed by atoms with Crippen molar-refractivity contribution in [3.8, 4) is 11.5 Å². The Morgan fingerprint density at radius 2 is 1.70 bits per heavy atom. The van der Waals surface area contributed by atoms with Crippen molar-refractivity contribution in [2.75, 3.05) is 0 Å². The van der Waals surface area contributed by atoms with E-state index in [-0.39, 0.29) is 22.8 Å². The van der Waals surface area contributed by atoms with Crippen molar-refractivity contribution in [3.05, 3.63) is 64.7 Å². The zero-order chi connectivity index (χ0) is 14.7. The van der Waals surface area contributed by atoms with Crippen LogP contribution in [0.2, 0.25) is 0 Å². The summed E-state index contributed by atoms with van der Waals surface area (Å²) in [6.07, 6.45) is 3.11. The fourth-order valence-corrected chi connectivity index (χ4v) is 1.98. The van der Waals surface area contributed by atoms with Crippen LogP contribution in [0.1, 0.15) is 27.0 Å². The lowest BCUT2D eigenvalue weighted by Gasteiger charge is -2.09. The lowest BCUT2D eigenvalue weighted by Crippen LogP contribution is -1.98. The number of phenolic OH excluding ortho intramolecular Hbond substituents is 2. The molecule has 0 radical (unpaired) electrons. The van der Waals surface area contributed by atoms with Gasteiger partial charge in [-0.15, -0.1) is 0 Å². The van der Waals surface area contributed by atoms with Crippen LogP contribution in [-0.2, 0) is 0 Å². The van der Waals surface area contributed by atoms with Crippen LogP contribution in [0.15, 0.2) is 42.5 Å². The van der Waals surface area contributed by atoms with E-state index < -0.39 is 0 Å².